The van der Waals surface area contributed by atoms with Crippen LogP contribution in [0.4, 0.5) is 4.79 Å². The van der Waals surface area contributed by atoms with Crippen LogP contribution >= 0.6 is 11.8 Å². The number of carbonyl (C=O) groups excluding carboxylic acids is 5. The first-order valence-electron chi connectivity index (χ1n) is 9.79. The van der Waals surface area contributed by atoms with Crippen LogP contribution in [0.1, 0.15) is 38.2 Å². The number of esters is 1. The van der Waals surface area contributed by atoms with Crippen molar-refractivity contribution < 1.29 is 33.4 Å². The van der Waals surface area contributed by atoms with E-state index < -0.39 is 30.1 Å². The van der Waals surface area contributed by atoms with Gasteiger partial charge in [-0.05, 0) is 24.8 Å². The molecule has 0 spiro atoms. The Balaban J connectivity index is 2.74. The van der Waals surface area contributed by atoms with Crippen molar-refractivity contribution in [2.24, 2.45) is 0 Å². The van der Waals surface area contributed by atoms with E-state index in [4.69, 9.17) is 9.47 Å². The first-order chi connectivity index (χ1) is 14.9. The lowest BCUT2D eigenvalue weighted by molar-refractivity contribution is -0.145. The van der Waals surface area contributed by atoms with Crippen LogP contribution in [0.15, 0.2) is 30.3 Å². The summed E-state index contributed by atoms with van der Waals surface area (Å²) >= 11 is 1.02. The molecule has 0 aliphatic heterocycles. The van der Waals surface area contributed by atoms with Crippen LogP contribution in [0.25, 0.3) is 0 Å². The van der Waals surface area contributed by atoms with Gasteiger partial charge >= 0.3 is 12.1 Å². The van der Waals surface area contributed by atoms with Gasteiger partial charge in [-0.3, -0.25) is 9.59 Å². The number of ether oxygens (including phenoxy) is 2. The number of hydrogen-bond acceptors (Lipinski definition) is 8. The average molecular weight is 453 g/mol. The van der Waals surface area contributed by atoms with E-state index in [0.717, 1.165) is 23.6 Å². The van der Waals surface area contributed by atoms with Gasteiger partial charge in [0.25, 0.3) is 0 Å². The fourth-order valence-corrected chi connectivity index (χ4v) is 3.21. The summed E-state index contributed by atoms with van der Waals surface area (Å²) in [5.41, 5.74) is 0.784. The number of benzene rings is 1. The summed E-state index contributed by atoms with van der Waals surface area (Å²) in [5, 5.41) is 4.92. The second-order valence-electron chi connectivity index (χ2n) is 6.57. The van der Waals surface area contributed by atoms with Crippen molar-refractivity contribution >= 4 is 41.1 Å². The molecule has 170 valence electrons. The van der Waals surface area contributed by atoms with E-state index in [1.807, 2.05) is 18.2 Å². The summed E-state index contributed by atoms with van der Waals surface area (Å²) in [7, 11) is 1.20. The Hall–Kier alpha value is -2.88. The summed E-state index contributed by atoms with van der Waals surface area (Å²) in [4.78, 5) is 58.6. The molecule has 0 bridgehead atoms. The molecule has 1 aromatic rings. The second-order valence-corrected chi connectivity index (χ2v) is 7.84. The Morgan fingerprint density at radius 2 is 1.77 bits per heavy atom. The summed E-state index contributed by atoms with van der Waals surface area (Å²) in [5.74, 6) is -0.967. The van der Waals surface area contributed by atoms with Gasteiger partial charge in [0.2, 0.25) is 5.91 Å². The van der Waals surface area contributed by atoms with Gasteiger partial charge in [-0.2, -0.15) is 0 Å². The van der Waals surface area contributed by atoms with Gasteiger partial charge < -0.3 is 24.9 Å². The van der Waals surface area contributed by atoms with Gasteiger partial charge in [-0.25, -0.2) is 9.59 Å². The number of rotatable bonds is 13. The number of alkyl carbamates (subject to hydrolysis) is 1. The zero-order chi connectivity index (χ0) is 23.1. The molecule has 0 aliphatic carbocycles. The Bertz CT molecular complexity index is 743. The molecule has 2 atom stereocenters. The van der Waals surface area contributed by atoms with E-state index in [1.54, 1.807) is 12.1 Å². The Kier molecular flexibility index (Phi) is 12.7. The molecule has 0 saturated carbocycles. The van der Waals surface area contributed by atoms with E-state index >= 15 is 0 Å². The minimum Gasteiger partial charge on any atom is -0.467 e. The fraction of sp³-hybridized carbons (Fsp3) is 0.476. The van der Waals surface area contributed by atoms with Gasteiger partial charge in [-0.1, -0.05) is 42.1 Å². The largest absolute Gasteiger partial charge is 0.467 e. The lowest BCUT2D eigenvalue weighted by atomic mass is 10.1. The van der Waals surface area contributed by atoms with Gasteiger partial charge in [0.05, 0.1) is 7.11 Å². The predicted molar refractivity (Wildman–Crippen MR) is 115 cm³/mol. The lowest BCUT2D eigenvalue weighted by Gasteiger charge is -2.22. The zero-order valence-corrected chi connectivity index (χ0v) is 18.4. The molecule has 0 radical (unpaired) electrons. The highest BCUT2D eigenvalue weighted by molar-refractivity contribution is 8.13. The number of amides is 2. The highest BCUT2D eigenvalue weighted by Gasteiger charge is 2.27. The third-order valence-electron chi connectivity index (χ3n) is 4.15. The minimum absolute atomic E-state index is 0.0275. The number of thioether (sulfide) groups is 1. The topological polar surface area (TPSA) is 128 Å². The molecule has 0 aliphatic rings. The Morgan fingerprint density at radius 1 is 1.06 bits per heavy atom. The van der Waals surface area contributed by atoms with Crippen LogP contribution in [-0.2, 0) is 35.3 Å². The van der Waals surface area contributed by atoms with Gasteiger partial charge in [0, 0.05) is 19.1 Å². The summed E-state index contributed by atoms with van der Waals surface area (Å²) in [6.07, 6.45) is 0.922. The number of nitrogens with one attached hydrogen (secondary N) is 2. The molecular weight excluding hydrogens is 424 g/mol. The van der Waals surface area contributed by atoms with E-state index in [1.165, 1.54) is 14.0 Å². The quantitative estimate of drug-likeness (QED) is 0.264. The first-order valence-corrected chi connectivity index (χ1v) is 10.8. The molecule has 0 saturated heterocycles. The minimum atomic E-state index is -1.02. The van der Waals surface area contributed by atoms with Gasteiger partial charge in [0.15, 0.2) is 5.12 Å². The smallest absolute Gasteiger partial charge is 0.408 e. The Labute approximate surface area is 185 Å². The molecule has 31 heavy (non-hydrogen) atoms. The van der Waals surface area contributed by atoms with Crippen molar-refractivity contribution in [1.82, 2.24) is 10.6 Å². The summed E-state index contributed by atoms with van der Waals surface area (Å²) in [6, 6.07) is 7.06. The number of carbonyl (C=O) groups is 5. The van der Waals surface area contributed by atoms with Crippen LogP contribution in [0.2, 0.25) is 0 Å². The maximum absolute atomic E-state index is 12.7. The van der Waals surface area contributed by atoms with Crippen molar-refractivity contribution in [3.05, 3.63) is 35.9 Å². The van der Waals surface area contributed by atoms with E-state index in [0.29, 0.717) is 12.2 Å². The van der Waals surface area contributed by atoms with Crippen molar-refractivity contribution in [3.63, 3.8) is 0 Å². The predicted octanol–water partition coefficient (Wildman–Crippen LogP) is 1.98. The maximum atomic E-state index is 12.7. The number of aldehydes is 1. The monoisotopic (exact) mass is 452 g/mol. The molecule has 2 amide bonds. The average Bonchev–Trinajstić information content (AvgIpc) is 2.76. The van der Waals surface area contributed by atoms with Crippen molar-refractivity contribution in [3.8, 4) is 0 Å². The van der Waals surface area contributed by atoms with Gasteiger partial charge in [-0.15, -0.1) is 0 Å². The summed E-state index contributed by atoms with van der Waals surface area (Å²) < 4.78 is 9.86. The molecule has 10 heteroatoms. The third-order valence-corrected chi connectivity index (χ3v) is 5.00. The maximum Gasteiger partial charge on any atom is 0.408 e. The Morgan fingerprint density at radius 3 is 2.39 bits per heavy atom. The molecule has 0 fully saturated rings. The fourth-order valence-electron chi connectivity index (χ4n) is 2.57. The van der Waals surface area contributed by atoms with Crippen molar-refractivity contribution in [2.75, 3.05) is 12.9 Å². The zero-order valence-electron chi connectivity index (χ0n) is 17.6. The van der Waals surface area contributed by atoms with E-state index in [-0.39, 0.29) is 31.0 Å². The van der Waals surface area contributed by atoms with Crippen LogP contribution in [0, 0.1) is 0 Å². The van der Waals surface area contributed by atoms with Crippen molar-refractivity contribution in [2.45, 2.75) is 51.3 Å². The third kappa shape index (κ3) is 11.2. The van der Waals surface area contributed by atoms with Crippen LogP contribution in [-0.4, -0.2) is 54.3 Å². The van der Waals surface area contributed by atoms with E-state index in [2.05, 4.69) is 10.6 Å². The number of methoxy groups -OCH3 is 1. The molecule has 9 nitrogen and oxygen atoms in total. The molecule has 2 N–H and O–H groups in total. The summed E-state index contributed by atoms with van der Waals surface area (Å²) in [6.45, 7) is 1.43. The highest BCUT2D eigenvalue weighted by atomic mass is 32.2. The first kappa shape index (κ1) is 26.2. The van der Waals surface area contributed by atoms with E-state index in [9.17, 15) is 24.0 Å². The van der Waals surface area contributed by atoms with Crippen LogP contribution in [0.5, 0.6) is 0 Å². The number of unbranched alkanes of at least 4 members (excludes halogenated alkanes) is 1. The molecule has 0 aromatic heterocycles. The lowest BCUT2D eigenvalue weighted by Crippen LogP contribution is -2.52. The molecule has 0 heterocycles. The van der Waals surface area contributed by atoms with Crippen LogP contribution < -0.4 is 10.6 Å². The molecule has 1 aromatic carbocycles. The molecule has 0 unspecified atom stereocenters. The SMILES string of the molecule is COC(=O)[C@H](CCCC=O)NC(=O)[C@H](CCSC(C)=O)NC(=O)OCc1ccccc1. The highest BCUT2D eigenvalue weighted by Crippen LogP contribution is 2.09. The van der Waals surface area contributed by atoms with Crippen molar-refractivity contribution in [1.29, 1.82) is 0 Å². The molecular formula is C21H28N2O7S. The second kappa shape index (κ2) is 15.0. The van der Waals surface area contributed by atoms with Crippen LogP contribution in [0.3, 0.4) is 0 Å². The number of hydrogen-bond donors (Lipinski definition) is 2. The standard InChI is InChI=1S/C21H28N2O7S/c1-15(25)31-13-11-17(23-21(28)30-14-16-8-4-3-5-9-16)19(26)22-18(20(27)29-2)10-6-7-12-24/h3-5,8-9,12,17-18H,6-7,10-11,13-14H2,1-2H3,(H,22,26)(H,23,28)/t17-,18-/m0/s1. The molecule has 1 rings (SSSR count). The van der Waals surface area contributed by atoms with Gasteiger partial charge in [0.1, 0.15) is 25.0 Å². The normalized spacial score (nSPS) is 12.2.